The number of carbonyl (C=O) groups excluding carboxylic acids is 1. The highest BCUT2D eigenvalue weighted by Crippen LogP contribution is 2.30. The molecule has 9 nitrogen and oxygen atoms in total. The van der Waals surface area contributed by atoms with E-state index in [2.05, 4.69) is 6.58 Å². The summed E-state index contributed by atoms with van der Waals surface area (Å²) in [6.45, 7) is 3.77. The first-order chi connectivity index (χ1) is 21.1. The van der Waals surface area contributed by atoms with Crippen LogP contribution < -0.4 is 9.47 Å². The van der Waals surface area contributed by atoms with Gasteiger partial charge in [0.2, 0.25) is 0 Å². The number of methoxy groups -OCH3 is 2. The van der Waals surface area contributed by atoms with Crippen molar-refractivity contribution in [3.8, 4) is 11.5 Å². The average molecular weight is 629 g/mol. The highest BCUT2D eigenvalue weighted by atomic mass is 32.2. The van der Waals surface area contributed by atoms with Crippen molar-refractivity contribution >= 4 is 54.2 Å². The minimum absolute atomic E-state index is 0.183. The van der Waals surface area contributed by atoms with Gasteiger partial charge in [-0.15, -0.1) is 0 Å². The first kappa shape index (κ1) is 30.3. The smallest absolute Gasteiger partial charge is 0.268 e. The van der Waals surface area contributed by atoms with E-state index in [1.54, 1.807) is 98.2 Å². The van der Waals surface area contributed by atoms with E-state index in [1.165, 1.54) is 29.4 Å². The second-order valence-electron chi connectivity index (χ2n) is 9.48. The molecule has 0 saturated carbocycles. The molecule has 6 aromatic rings. The Balaban J connectivity index is 0.000000175. The molecule has 0 aliphatic heterocycles. The molecule has 0 N–H and O–H groups in total. The lowest BCUT2D eigenvalue weighted by Crippen LogP contribution is -2.11. The number of fused-ring (bicyclic) bond motifs is 2. The van der Waals surface area contributed by atoms with Crippen LogP contribution in [-0.2, 0) is 20.0 Å². The van der Waals surface area contributed by atoms with Crippen LogP contribution in [0.1, 0.15) is 15.9 Å². The van der Waals surface area contributed by atoms with Gasteiger partial charge in [-0.05, 0) is 54.1 Å². The summed E-state index contributed by atoms with van der Waals surface area (Å²) in [7, 11) is -4.36. The molecule has 2 aromatic heterocycles. The number of benzene rings is 4. The van der Waals surface area contributed by atoms with Crippen LogP contribution in [0, 0.1) is 0 Å². The first-order valence-electron chi connectivity index (χ1n) is 13.2. The largest absolute Gasteiger partial charge is 0.497 e. The van der Waals surface area contributed by atoms with Crippen molar-refractivity contribution in [1.29, 1.82) is 0 Å². The highest BCUT2D eigenvalue weighted by molar-refractivity contribution is 7.90. The molecular weight excluding hydrogens is 601 g/mol. The summed E-state index contributed by atoms with van der Waals surface area (Å²) in [6.07, 6.45) is 5.37. The molecule has 0 saturated heterocycles. The minimum atomic E-state index is -3.73. The van der Waals surface area contributed by atoms with Crippen molar-refractivity contribution in [2.45, 2.75) is 9.79 Å². The molecule has 0 aliphatic carbocycles. The maximum Gasteiger partial charge on any atom is 0.268 e. The van der Waals surface area contributed by atoms with Crippen molar-refractivity contribution < 1.29 is 31.1 Å². The van der Waals surface area contributed by atoms with Gasteiger partial charge in [0.05, 0.1) is 35.0 Å². The number of aromatic nitrogens is 2. The number of aldehydes is 1. The quantitative estimate of drug-likeness (QED) is 0.184. The second kappa shape index (κ2) is 12.2. The van der Waals surface area contributed by atoms with Gasteiger partial charge in [-0.2, -0.15) is 0 Å². The maximum atomic E-state index is 12.8. The van der Waals surface area contributed by atoms with Gasteiger partial charge in [-0.1, -0.05) is 49.1 Å². The third-order valence-electron chi connectivity index (χ3n) is 6.97. The predicted octanol–water partition coefficient (Wildman–Crippen LogP) is 6.23. The molecule has 44 heavy (non-hydrogen) atoms. The van der Waals surface area contributed by atoms with E-state index in [1.807, 2.05) is 6.07 Å². The van der Waals surface area contributed by atoms with Crippen molar-refractivity contribution in [1.82, 2.24) is 7.94 Å². The Labute approximate surface area is 255 Å². The zero-order chi connectivity index (χ0) is 31.5. The van der Waals surface area contributed by atoms with Crippen LogP contribution in [0.2, 0.25) is 0 Å². The van der Waals surface area contributed by atoms with E-state index < -0.39 is 20.0 Å². The highest BCUT2D eigenvalue weighted by Gasteiger charge is 2.21. The summed E-state index contributed by atoms with van der Waals surface area (Å²) in [6, 6.07) is 26.6. The van der Waals surface area contributed by atoms with Crippen molar-refractivity contribution in [3.63, 3.8) is 0 Å². The van der Waals surface area contributed by atoms with Crippen LogP contribution in [0.5, 0.6) is 11.5 Å². The molecule has 0 unspecified atom stereocenters. The Morgan fingerprint density at radius 3 is 1.41 bits per heavy atom. The Morgan fingerprint density at radius 2 is 1.02 bits per heavy atom. The van der Waals surface area contributed by atoms with E-state index in [0.717, 1.165) is 14.9 Å². The van der Waals surface area contributed by atoms with Gasteiger partial charge in [0.25, 0.3) is 20.0 Å². The fourth-order valence-corrected chi connectivity index (χ4v) is 7.49. The van der Waals surface area contributed by atoms with Gasteiger partial charge in [0, 0.05) is 40.9 Å². The average Bonchev–Trinajstić information content (AvgIpc) is 3.70. The summed E-state index contributed by atoms with van der Waals surface area (Å²) < 4.78 is 63.9. The number of hydrogen-bond acceptors (Lipinski definition) is 7. The zero-order valence-electron chi connectivity index (χ0n) is 23.8. The summed E-state index contributed by atoms with van der Waals surface area (Å²) in [5.74, 6) is 1.02. The minimum Gasteiger partial charge on any atom is -0.497 e. The molecule has 0 bridgehead atoms. The van der Waals surface area contributed by atoms with Crippen LogP contribution >= 0.6 is 0 Å². The van der Waals surface area contributed by atoms with E-state index in [0.29, 0.717) is 39.8 Å². The molecule has 0 aliphatic rings. The fourth-order valence-electron chi connectivity index (χ4n) is 4.77. The van der Waals surface area contributed by atoms with E-state index in [-0.39, 0.29) is 9.79 Å². The van der Waals surface area contributed by atoms with Gasteiger partial charge in [0.1, 0.15) is 11.5 Å². The summed E-state index contributed by atoms with van der Waals surface area (Å²) >= 11 is 0. The normalized spacial score (nSPS) is 11.5. The zero-order valence-corrected chi connectivity index (χ0v) is 25.5. The monoisotopic (exact) mass is 628 g/mol. The molecular formula is C33H28N2O7S2. The van der Waals surface area contributed by atoms with Crippen LogP contribution in [0.3, 0.4) is 0 Å². The third-order valence-corrected chi connectivity index (χ3v) is 10.4. The number of ether oxygens (including phenoxy) is 2. The Kier molecular flexibility index (Phi) is 8.43. The summed E-state index contributed by atoms with van der Waals surface area (Å²) in [4.78, 5) is 11.6. The van der Waals surface area contributed by atoms with Crippen molar-refractivity contribution in [2.24, 2.45) is 0 Å². The SMILES string of the molecule is C=Cc1cc(OC)cc2c1ccn2S(=O)(=O)c1ccccc1.COc1cc(C=O)c2ccn(S(=O)(=O)c3ccccc3)c2c1. The van der Waals surface area contributed by atoms with Gasteiger partial charge in [-0.3, -0.25) is 4.79 Å². The number of carbonyl (C=O) groups is 1. The van der Waals surface area contributed by atoms with E-state index in [4.69, 9.17) is 9.47 Å². The molecule has 0 radical (unpaired) electrons. The maximum absolute atomic E-state index is 12.8. The second-order valence-corrected chi connectivity index (χ2v) is 13.1. The molecule has 2 heterocycles. The Bertz CT molecular complexity index is 2040. The van der Waals surface area contributed by atoms with Crippen LogP contribution in [-0.4, -0.2) is 45.3 Å². The lowest BCUT2D eigenvalue weighted by Gasteiger charge is -2.09. The number of nitrogens with zero attached hydrogens (tertiary/aromatic N) is 2. The molecule has 0 atom stereocenters. The molecule has 4 aromatic carbocycles. The molecule has 0 spiro atoms. The predicted molar refractivity (Wildman–Crippen MR) is 171 cm³/mol. The van der Waals surface area contributed by atoms with Gasteiger partial charge < -0.3 is 9.47 Å². The topological polar surface area (TPSA) is 114 Å². The molecule has 11 heteroatoms. The summed E-state index contributed by atoms with van der Waals surface area (Å²) in [5.41, 5.74) is 2.19. The third kappa shape index (κ3) is 5.50. The van der Waals surface area contributed by atoms with Crippen molar-refractivity contribution in [2.75, 3.05) is 14.2 Å². The summed E-state index contributed by atoms with van der Waals surface area (Å²) in [5, 5.41) is 1.38. The van der Waals surface area contributed by atoms with Crippen LogP contribution in [0.4, 0.5) is 0 Å². The Morgan fingerprint density at radius 1 is 0.614 bits per heavy atom. The molecule has 0 fully saturated rings. The molecule has 0 amide bonds. The van der Waals surface area contributed by atoms with E-state index >= 15 is 0 Å². The van der Waals surface area contributed by atoms with Crippen LogP contribution in [0.15, 0.2) is 126 Å². The van der Waals surface area contributed by atoms with Crippen LogP contribution in [0.25, 0.3) is 27.9 Å². The lowest BCUT2D eigenvalue weighted by atomic mass is 10.1. The lowest BCUT2D eigenvalue weighted by molar-refractivity contribution is 0.112. The van der Waals surface area contributed by atoms with Gasteiger partial charge in [0.15, 0.2) is 6.29 Å². The van der Waals surface area contributed by atoms with Gasteiger partial charge >= 0.3 is 0 Å². The number of rotatable bonds is 8. The molecule has 224 valence electrons. The Hall–Kier alpha value is -5.13. The first-order valence-corrected chi connectivity index (χ1v) is 16.1. The van der Waals surface area contributed by atoms with Gasteiger partial charge in [-0.25, -0.2) is 24.8 Å². The van der Waals surface area contributed by atoms with Crippen molar-refractivity contribution in [3.05, 3.63) is 127 Å². The fraction of sp³-hybridized carbons (Fsp3) is 0.0606. The van der Waals surface area contributed by atoms with E-state index in [9.17, 15) is 21.6 Å². The number of hydrogen-bond donors (Lipinski definition) is 0. The molecule has 6 rings (SSSR count). The standard InChI is InChI=1S/C17H15NO3S.C16H13NO4S/c1-3-13-11-14(21-2)12-17-16(13)9-10-18(17)22(19,20)15-7-5-4-6-8-15;1-21-13-9-12(11-18)15-7-8-17(16(15)10-13)22(19,20)14-5-3-2-4-6-14/h3-12H,1H2,2H3;2-11H,1H3.